The normalized spacial score (nSPS) is 15.7. The van der Waals surface area contributed by atoms with Crippen molar-refractivity contribution in [2.75, 3.05) is 31.6 Å². The Labute approximate surface area is 180 Å². The Hall–Kier alpha value is -2.54. The Morgan fingerprint density at radius 3 is 2.50 bits per heavy atom. The summed E-state index contributed by atoms with van der Waals surface area (Å²) in [6.07, 6.45) is 0.896. The van der Waals surface area contributed by atoms with Crippen molar-refractivity contribution in [1.82, 2.24) is 0 Å². The van der Waals surface area contributed by atoms with Gasteiger partial charge in [0.1, 0.15) is 29.9 Å². The van der Waals surface area contributed by atoms with Crippen LogP contribution in [0.5, 0.6) is 0 Å². The van der Waals surface area contributed by atoms with Gasteiger partial charge in [-0.1, -0.05) is 25.1 Å². The second kappa shape index (κ2) is 9.51. The first kappa shape index (κ1) is 20.7. The van der Waals surface area contributed by atoms with Crippen LogP contribution in [0.25, 0.3) is 0 Å². The van der Waals surface area contributed by atoms with Crippen molar-refractivity contribution >= 4 is 22.2 Å². The van der Waals surface area contributed by atoms with Gasteiger partial charge in [0.2, 0.25) is 0 Å². The molecule has 0 aliphatic carbocycles. The Balaban J connectivity index is 1.73. The number of quaternary nitrogens is 1. The molecule has 30 heavy (non-hydrogen) atoms. The van der Waals surface area contributed by atoms with E-state index in [9.17, 15) is 9.18 Å². The maximum atomic E-state index is 13.6. The van der Waals surface area contributed by atoms with Gasteiger partial charge in [-0.25, -0.2) is 4.39 Å². The molecule has 6 heteroatoms. The first-order chi connectivity index (χ1) is 14.7. The maximum Gasteiger partial charge on any atom is 0.256 e. The molecule has 0 spiro atoms. The molecule has 2 N–H and O–H groups in total. The molecule has 2 aromatic carbocycles. The van der Waals surface area contributed by atoms with E-state index in [2.05, 4.69) is 18.3 Å². The van der Waals surface area contributed by atoms with Gasteiger partial charge < -0.3 is 15.0 Å². The van der Waals surface area contributed by atoms with Crippen LogP contribution >= 0.6 is 11.3 Å². The van der Waals surface area contributed by atoms with E-state index in [0.29, 0.717) is 18.8 Å². The topological polar surface area (TPSA) is 42.8 Å². The van der Waals surface area contributed by atoms with Gasteiger partial charge >= 0.3 is 0 Å². The second-order valence-corrected chi connectivity index (χ2v) is 8.56. The Bertz CT molecular complexity index is 982. The van der Waals surface area contributed by atoms with Gasteiger partial charge in [0, 0.05) is 21.6 Å². The lowest BCUT2D eigenvalue weighted by Crippen LogP contribution is -3.14. The van der Waals surface area contributed by atoms with Crippen molar-refractivity contribution in [3.63, 3.8) is 0 Å². The zero-order chi connectivity index (χ0) is 20.9. The van der Waals surface area contributed by atoms with E-state index >= 15 is 0 Å². The quantitative estimate of drug-likeness (QED) is 0.632. The summed E-state index contributed by atoms with van der Waals surface area (Å²) in [5.74, 6) is -0.358. The molecule has 2 heterocycles. The minimum atomic E-state index is -0.244. The SMILES string of the molecule is CCc1cc([C@H](c2ccc(F)cc2)[NH+]2CCOCC2)c(NC(=O)c2ccccc2)s1. The van der Waals surface area contributed by atoms with Gasteiger partial charge in [-0.3, -0.25) is 4.79 Å². The summed E-state index contributed by atoms with van der Waals surface area (Å²) in [5, 5.41) is 4.01. The molecule has 1 atom stereocenters. The van der Waals surface area contributed by atoms with Crippen LogP contribution in [-0.2, 0) is 11.2 Å². The monoisotopic (exact) mass is 425 g/mol. The van der Waals surface area contributed by atoms with E-state index in [1.165, 1.54) is 21.9 Å². The molecule has 1 aromatic heterocycles. The molecule has 4 nitrogen and oxygen atoms in total. The van der Waals surface area contributed by atoms with Gasteiger partial charge in [0.15, 0.2) is 0 Å². The number of aryl methyl sites for hydroxylation is 1. The number of anilines is 1. The lowest BCUT2D eigenvalue weighted by Gasteiger charge is -2.32. The predicted octanol–water partition coefficient (Wildman–Crippen LogP) is 3.71. The number of carbonyl (C=O) groups is 1. The summed E-state index contributed by atoms with van der Waals surface area (Å²) >= 11 is 1.62. The van der Waals surface area contributed by atoms with Crippen molar-refractivity contribution in [1.29, 1.82) is 0 Å². The molecule has 1 aliphatic rings. The fraction of sp³-hybridized carbons (Fsp3) is 0.292. The Morgan fingerprint density at radius 1 is 1.13 bits per heavy atom. The minimum Gasteiger partial charge on any atom is -0.370 e. The zero-order valence-electron chi connectivity index (χ0n) is 17.0. The van der Waals surface area contributed by atoms with Crippen LogP contribution in [0.15, 0.2) is 60.7 Å². The summed E-state index contributed by atoms with van der Waals surface area (Å²) in [4.78, 5) is 15.4. The number of carbonyl (C=O) groups excluding carboxylic acids is 1. The molecule has 1 saturated heterocycles. The highest BCUT2D eigenvalue weighted by atomic mass is 32.1. The lowest BCUT2D eigenvalue weighted by molar-refractivity contribution is -0.933. The van der Waals surface area contributed by atoms with Crippen LogP contribution < -0.4 is 10.2 Å². The number of halogens is 1. The molecule has 0 bridgehead atoms. The fourth-order valence-corrected chi connectivity index (χ4v) is 4.95. The molecule has 156 valence electrons. The van der Waals surface area contributed by atoms with Gasteiger partial charge in [0.25, 0.3) is 5.91 Å². The number of nitrogens with one attached hydrogen (secondary N) is 2. The number of rotatable bonds is 6. The number of hydrogen-bond donors (Lipinski definition) is 2. The number of morpholine rings is 1. The zero-order valence-corrected chi connectivity index (χ0v) is 17.8. The highest BCUT2D eigenvalue weighted by Gasteiger charge is 2.32. The second-order valence-electron chi connectivity index (χ2n) is 7.43. The van der Waals surface area contributed by atoms with E-state index in [1.54, 1.807) is 11.3 Å². The average Bonchev–Trinajstić information content (AvgIpc) is 3.19. The van der Waals surface area contributed by atoms with Crippen LogP contribution in [0, 0.1) is 5.82 Å². The van der Waals surface area contributed by atoms with E-state index in [0.717, 1.165) is 35.6 Å². The average molecular weight is 426 g/mol. The van der Waals surface area contributed by atoms with E-state index in [1.807, 2.05) is 42.5 Å². The van der Waals surface area contributed by atoms with Crippen molar-refractivity contribution in [3.05, 3.63) is 88.0 Å². The third-order valence-corrected chi connectivity index (χ3v) is 6.69. The van der Waals surface area contributed by atoms with E-state index in [4.69, 9.17) is 4.74 Å². The summed E-state index contributed by atoms with van der Waals surface area (Å²) < 4.78 is 19.2. The molecular weight excluding hydrogens is 399 g/mol. The highest BCUT2D eigenvalue weighted by molar-refractivity contribution is 7.16. The molecule has 0 saturated carbocycles. The van der Waals surface area contributed by atoms with Gasteiger partial charge in [-0.05, 0) is 48.9 Å². The molecule has 1 aliphatic heterocycles. The lowest BCUT2D eigenvalue weighted by atomic mass is 9.97. The largest absolute Gasteiger partial charge is 0.370 e. The third kappa shape index (κ3) is 4.61. The standard InChI is InChI=1S/C24H25FN2O2S/c1-2-20-16-21(24(30-20)26-23(28)18-6-4-3-5-7-18)22(27-12-14-29-15-13-27)17-8-10-19(25)11-9-17/h3-11,16,22H,2,12-15H2,1H3,(H,26,28)/p+1/t22-/m0/s1. The van der Waals surface area contributed by atoms with Crippen LogP contribution in [-0.4, -0.2) is 32.2 Å². The summed E-state index contributed by atoms with van der Waals surface area (Å²) in [6.45, 7) is 5.25. The van der Waals surface area contributed by atoms with Crippen LogP contribution in [0.4, 0.5) is 9.39 Å². The van der Waals surface area contributed by atoms with Crippen molar-refractivity contribution in [3.8, 4) is 0 Å². The molecule has 4 rings (SSSR count). The number of ether oxygens (including phenoxy) is 1. The smallest absolute Gasteiger partial charge is 0.256 e. The van der Waals surface area contributed by atoms with Gasteiger partial charge in [-0.2, -0.15) is 0 Å². The number of benzene rings is 2. The molecule has 0 unspecified atom stereocenters. The van der Waals surface area contributed by atoms with Crippen LogP contribution in [0.3, 0.4) is 0 Å². The summed E-state index contributed by atoms with van der Waals surface area (Å²) in [5.41, 5.74) is 2.76. The summed E-state index contributed by atoms with van der Waals surface area (Å²) in [7, 11) is 0. The van der Waals surface area contributed by atoms with Crippen molar-refractivity contribution < 1.29 is 18.8 Å². The molecule has 0 radical (unpaired) electrons. The van der Waals surface area contributed by atoms with Crippen LogP contribution in [0.1, 0.15) is 39.3 Å². The van der Waals surface area contributed by atoms with Gasteiger partial charge in [0.05, 0.1) is 13.2 Å². The first-order valence-corrected chi connectivity index (χ1v) is 11.1. The molecule has 1 amide bonds. The minimum absolute atomic E-state index is 0.0112. The molecule has 3 aromatic rings. The Morgan fingerprint density at radius 2 is 1.83 bits per heavy atom. The van der Waals surface area contributed by atoms with Crippen molar-refractivity contribution in [2.45, 2.75) is 19.4 Å². The fourth-order valence-electron chi connectivity index (χ4n) is 3.92. The van der Waals surface area contributed by atoms with Crippen molar-refractivity contribution in [2.24, 2.45) is 0 Å². The number of thiophene rings is 1. The summed E-state index contributed by atoms with van der Waals surface area (Å²) in [6, 6.07) is 18.2. The number of amides is 1. The molecular formula is C24H26FN2O2S+. The van der Waals surface area contributed by atoms with Gasteiger partial charge in [-0.15, -0.1) is 11.3 Å². The highest BCUT2D eigenvalue weighted by Crippen LogP contribution is 2.35. The third-order valence-electron chi connectivity index (χ3n) is 5.48. The Kier molecular flexibility index (Phi) is 6.57. The predicted molar refractivity (Wildman–Crippen MR) is 118 cm³/mol. The number of hydrogen-bond acceptors (Lipinski definition) is 3. The maximum absolute atomic E-state index is 13.6. The first-order valence-electron chi connectivity index (χ1n) is 10.3. The molecule has 1 fully saturated rings. The van der Waals surface area contributed by atoms with Crippen LogP contribution in [0.2, 0.25) is 0 Å². The van der Waals surface area contributed by atoms with E-state index in [-0.39, 0.29) is 17.8 Å². The van der Waals surface area contributed by atoms with E-state index < -0.39 is 0 Å².